The van der Waals surface area contributed by atoms with E-state index in [1.807, 2.05) is 0 Å². The van der Waals surface area contributed by atoms with E-state index < -0.39 is 0 Å². The molecule has 2 saturated heterocycles. The highest BCUT2D eigenvalue weighted by Gasteiger charge is 2.30. The van der Waals surface area contributed by atoms with Gasteiger partial charge in [-0.25, -0.2) is 0 Å². The van der Waals surface area contributed by atoms with Crippen molar-refractivity contribution in [3.8, 4) is 0 Å². The van der Waals surface area contributed by atoms with Crippen LogP contribution in [0.4, 0.5) is 0 Å². The summed E-state index contributed by atoms with van der Waals surface area (Å²) in [6.45, 7) is 2.38. The molecule has 0 aromatic rings. The second-order valence-electron chi connectivity index (χ2n) is 3.71. The van der Waals surface area contributed by atoms with E-state index in [0.717, 1.165) is 18.0 Å². The summed E-state index contributed by atoms with van der Waals surface area (Å²) in [6.07, 6.45) is 5.73. The summed E-state index contributed by atoms with van der Waals surface area (Å²) in [5, 5.41) is 3.62. The molecule has 2 aliphatic heterocycles. The zero-order valence-electron chi connectivity index (χ0n) is 6.06. The summed E-state index contributed by atoms with van der Waals surface area (Å²) >= 11 is 0. The van der Waals surface area contributed by atoms with Gasteiger partial charge in [0.25, 0.3) is 0 Å². The largest absolute Gasteiger partial charge is 0.311 e. The Bertz CT molecular complexity index is 99.1. The van der Waals surface area contributed by atoms with Crippen molar-refractivity contribution in [1.29, 1.82) is 0 Å². The van der Waals surface area contributed by atoms with E-state index in [4.69, 9.17) is 0 Å². The predicted octanol–water partition coefficient (Wildman–Crippen LogP) is 1.54. The molecule has 2 heterocycles. The Hall–Kier alpha value is -0.0400. The summed E-state index contributed by atoms with van der Waals surface area (Å²) in [7, 11) is 0. The molecular weight excluding hydrogens is 110 g/mol. The molecule has 0 aromatic carbocycles. The highest BCUT2D eigenvalue weighted by molar-refractivity contribution is 4.90. The quantitative estimate of drug-likeness (QED) is 0.518. The molecule has 9 heavy (non-hydrogen) atoms. The third-order valence-electron chi connectivity index (χ3n) is 2.71. The first kappa shape index (κ1) is 5.72. The molecule has 1 nitrogen and oxygen atoms in total. The lowest BCUT2D eigenvalue weighted by molar-refractivity contribution is 0.319. The van der Waals surface area contributed by atoms with E-state index >= 15 is 0 Å². The average Bonchev–Trinajstić information content (AvgIpc) is 2.11. The smallest absolute Gasteiger partial charge is 0.00727 e. The molecule has 2 rings (SSSR count). The first-order valence-electron chi connectivity index (χ1n) is 4.10. The van der Waals surface area contributed by atoms with E-state index in [-0.39, 0.29) is 0 Å². The molecule has 2 fully saturated rings. The second-order valence-corrected chi connectivity index (χ2v) is 3.71. The lowest BCUT2D eigenvalue weighted by atomic mass is 9.95. The van der Waals surface area contributed by atoms with Gasteiger partial charge in [0.15, 0.2) is 0 Å². The first-order valence-corrected chi connectivity index (χ1v) is 4.10. The van der Waals surface area contributed by atoms with Gasteiger partial charge in [0.05, 0.1) is 0 Å². The Labute approximate surface area is 56.8 Å². The van der Waals surface area contributed by atoms with E-state index in [0.29, 0.717) is 0 Å². The summed E-state index contributed by atoms with van der Waals surface area (Å²) in [4.78, 5) is 0. The molecule has 0 saturated carbocycles. The average molecular weight is 125 g/mol. The van der Waals surface area contributed by atoms with Gasteiger partial charge in [-0.05, 0) is 31.6 Å². The van der Waals surface area contributed by atoms with Crippen LogP contribution in [0.2, 0.25) is 0 Å². The molecule has 0 aromatic heterocycles. The fraction of sp³-hybridized carbons (Fsp3) is 1.00. The Morgan fingerprint density at radius 3 is 2.22 bits per heavy atom. The Morgan fingerprint density at radius 1 is 1.11 bits per heavy atom. The van der Waals surface area contributed by atoms with E-state index in [9.17, 15) is 0 Å². The van der Waals surface area contributed by atoms with Gasteiger partial charge >= 0.3 is 0 Å². The maximum absolute atomic E-state index is 3.62. The van der Waals surface area contributed by atoms with Crippen molar-refractivity contribution >= 4 is 0 Å². The molecule has 52 valence electrons. The van der Waals surface area contributed by atoms with E-state index in [2.05, 4.69) is 12.2 Å². The van der Waals surface area contributed by atoms with Crippen LogP contribution in [-0.2, 0) is 0 Å². The lowest BCUT2D eigenvalue weighted by Gasteiger charge is -2.25. The number of fused-ring (bicyclic) bond motifs is 2. The number of piperidine rings is 1. The number of rotatable bonds is 0. The fourth-order valence-electron chi connectivity index (χ4n) is 2.34. The predicted molar refractivity (Wildman–Crippen MR) is 38.3 cm³/mol. The van der Waals surface area contributed by atoms with Crippen molar-refractivity contribution in [2.75, 3.05) is 0 Å². The Morgan fingerprint density at radius 2 is 1.67 bits per heavy atom. The van der Waals surface area contributed by atoms with Crippen LogP contribution in [0.1, 0.15) is 32.6 Å². The van der Waals surface area contributed by atoms with E-state index in [1.54, 1.807) is 0 Å². The van der Waals surface area contributed by atoms with Crippen LogP contribution in [0.5, 0.6) is 0 Å². The van der Waals surface area contributed by atoms with Gasteiger partial charge < -0.3 is 5.32 Å². The summed E-state index contributed by atoms with van der Waals surface area (Å²) in [5.74, 6) is 0.990. The molecule has 2 aliphatic rings. The van der Waals surface area contributed by atoms with Crippen LogP contribution in [0.25, 0.3) is 0 Å². The van der Waals surface area contributed by atoms with Gasteiger partial charge in [0, 0.05) is 12.1 Å². The van der Waals surface area contributed by atoms with Gasteiger partial charge in [-0.15, -0.1) is 0 Å². The van der Waals surface area contributed by atoms with Gasteiger partial charge in [-0.2, -0.15) is 0 Å². The van der Waals surface area contributed by atoms with Gasteiger partial charge in [-0.1, -0.05) is 6.92 Å². The van der Waals surface area contributed by atoms with Crippen molar-refractivity contribution in [1.82, 2.24) is 5.32 Å². The molecule has 0 aliphatic carbocycles. The minimum atomic E-state index is 0.888. The molecule has 1 heteroatoms. The molecule has 0 amide bonds. The van der Waals surface area contributed by atoms with Crippen molar-refractivity contribution in [2.45, 2.75) is 44.7 Å². The zero-order valence-corrected chi connectivity index (χ0v) is 6.06. The third kappa shape index (κ3) is 0.983. The maximum atomic E-state index is 3.62. The summed E-state index contributed by atoms with van der Waals surface area (Å²) in [5.41, 5.74) is 0. The SMILES string of the molecule is C[C@H]1CC2CC[C@@H](C1)N2. The molecule has 0 radical (unpaired) electrons. The molecular formula is C8H15N. The third-order valence-corrected chi connectivity index (χ3v) is 2.71. The van der Waals surface area contributed by atoms with Gasteiger partial charge in [0.1, 0.15) is 0 Å². The molecule has 3 atom stereocenters. The topological polar surface area (TPSA) is 12.0 Å². The van der Waals surface area contributed by atoms with Crippen molar-refractivity contribution in [2.24, 2.45) is 5.92 Å². The van der Waals surface area contributed by atoms with Gasteiger partial charge in [-0.3, -0.25) is 0 Å². The molecule has 0 spiro atoms. The molecule has 1 unspecified atom stereocenters. The summed E-state index contributed by atoms with van der Waals surface area (Å²) < 4.78 is 0. The minimum absolute atomic E-state index is 0.888. The highest BCUT2D eigenvalue weighted by atomic mass is 15.0. The lowest BCUT2D eigenvalue weighted by Crippen LogP contribution is -2.37. The minimum Gasteiger partial charge on any atom is -0.311 e. The van der Waals surface area contributed by atoms with Crippen molar-refractivity contribution < 1.29 is 0 Å². The van der Waals surface area contributed by atoms with Crippen LogP contribution in [-0.4, -0.2) is 12.1 Å². The molecule has 1 N–H and O–H groups in total. The number of nitrogens with one attached hydrogen (secondary N) is 1. The Kier molecular flexibility index (Phi) is 1.26. The van der Waals surface area contributed by atoms with E-state index in [1.165, 1.54) is 25.7 Å². The first-order chi connectivity index (χ1) is 4.34. The standard InChI is InChI=1S/C8H15N/c1-6-4-7-2-3-8(5-6)9-7/h6-9H,2-5H2,1H3/t6-,7+,8?/m1/s1. The maximum Gasteiger partial charge on any atom is 0.00727 e. The van der Waals surface area contributed by atoms with Crippen LogP contribution in [0.15, 0.2) is 0 Å². The van der Waals surface area contributed by atoms with Crippen LogP contribution in [0, 0.1) is 5.92 Å². The van der Waals surface area contributed by atoms with Crippen LogP contribution in [0.3, 0.4) is 0 Å². The van der Waals surface area contributed by atoms with Crippen LogP contribution < -0.4 is 5.32 Å². The van der Waals surface area contributed by atoms with Crippen molar-refractivity contribution in [3.63, 3.8) is 0 Å². The molecule has 2 bridgehead atoms. The Balaban J connectivity index is 2.03. The van der Waals surface area contributed by atoms with Crippen molar-refractivity contribution in [3.05, 3.63) is 0 Å². The van der Waals surface area contributed by atoms with Gasteiger partial charge in [0.2, 0.25) is 0 Å². The zero-order chi connectivity index (χ0) is 6.27. The number of hydrogen-bond acceptors (Lipinski definition) is 1. The second kappa shape index (κ2) is 1.98. The number of hydrogen-bond donors (Lipinski definition) is 1. The highest BCUT2D eigenvalue weighted by Crippen LogP contribution is 2.29. The fourth-order valence-corrected chi connectivity index (χ4v) is 2.34. The normalized spacial score (nSPS) is 49.7. The van der Waals surface area contributed by atoms with Crippen LogP contribution >= 0.6 is 0 Å². The monoisotopic (exact) mass is 125 g/mol. The summed E-state index contributed by atoms with van der Waals surface area (Å²) in [6, 6.07) is 1.78.